The van der Waals surface area contributed by atoms with Crippen LogP contribution < -0.4 is 0 Å². The van der Waals surface area contributed by atoms with Crippen LogP contribution in [0.25, 0.3) is 90.3 Å². The van der Waals surface area contributed by atoms with Gasteiger partial charge in [0.1, 0.15) is 0 Å². The summed E-state index contributed by atoms with van der Waals surface area (Å²) in [6, 6.07) is 45.6. The first-order valence-electron chi connectivity index (χ1n) is 14.3. The van der Waals surface area contributed by atoms with Crippen molar-refractivity contribution in [3.05, 3.63) is 127 Å². The maximum atomic E-state index is 5.49. The van der Waals surface area contributed by atoms with E-state index in [9.17, 15) is 0 Å². The summed E-state index contributed by atoms with van der Waals surface area (Å²) in [5, 5.41) is 8.57. The molecule has 0 N–H and O–H groups in total. The minimum atomic E-state index is 0.704. The second-order valence-corrected chi connectivity index (χ2v) is 13.1. The van der Waals surface area contributed by atoms with Crippen molar-refractivity contribution in [1.82, 2.24) is 14.5 Å². The number of para-hydroxylation sites is 1. The number of rotatable bonds is 2. The van der Waals surface area contributed by atoms with Crippen LogP contribution in [0.2, 0.25) is 0 Å². The lowest BCUT2D eigenvalue weighted by Gasteiger charge is -2.12. The first kappa shape index (κ1) is 23.5. The normalized spacial score (nSPS) is 12.2. The number of thiophene rings is 2. The fraction of sp³-hybridized carbons (Fsp3) is 0. The van der Waals surface area contributed by atoms with Crippen molar-refractivity contribution in [3.8, 4) is 17.2 Å². The molecule has 0 bridgehead atoms. The number of hydrogen-bond acceptors (Lipinski definition) is 4. The van der Waals surface area contributed by atoms with Crippen LogP contribution in [-0.4, -0.2) is 14.5 Å². The average Bonchev–Trinajstić information content (AvgIpc) is 3.74. The summed E-state index contributed by atoms with van der Waals surface area (Å²) in [5.41, 5.74) is 5.40. The van der Waals surface area contributed by atoms with Gasteiger partial charge in [-0.1, -0.05) is 109 Å². The van der Waals surface area contributed by atoms with Crippen molar-refractivity contribution in [2.75, 3.05) is 0 Å². The Balaban J connectivity index is 1.41. The summed E-state index contributed by atoms with van der Waals surface area (Å²) in [6.07, 6.45) is 0. The Bertz CT molecular complexity index is 2740. The highest BCUT2D eigenvalue weighted by Gasteiger charge is 2.22. The highest BCUT2D eigenvalue weighted by atomic mass is 32.1. The van der Waals surface area contributed by atoms with Gasteiger partial charge in [0, 0.05) is 41.9 Å². The van der Waals surface area contributed by atoms with Crippen LogP contribution in [-0.2, 0) is 0 Å². The summed E-state index contributed by atoms with van der Waals surface area (Å²) < 4.78 is 7.20. The highest BCUT2D eigenvalue weighted by molar-refractivity contribution is 7.27. The van der Waals surface area contributed by atoms with E-state index in [-0.39, 0.29) is 0 Å². The molecule has 0 unspecified atom stereocenters. The van der Waals surface area contributed by atoms with Crippen molar-refractivity contribution in [2.45, 2.75) is 0 Å². The molecular weight excluding hydrogens is 563 g/mol. The van der Waals surface area contributed by atoms with Gasteiger partial charge in [-0.15, -0.1) is 22.7 Å². The van der Waals surface area contributed by atoms with Gasteiger partial charge in [0.15, 0.2) is 0 Å². The number of nitrogens with zero attached hydrogens (tertiary/aromatic N) is 3. The first-order chi connectivity index (χ1) is 21.3. The molecule has 4 aromatic heterocycles. The quantitative estimate of drug-likeness (QED) is 0.203. The molecule has 0 fully saturated rings. The molecule has 43 heavy (non-hydrogen) atoms. The van der Waals surface area contributed by atoms with Crippen molar-refractivity contribution in [2.24, 2.45) is 0 Å². The van der Waals surface area contributed by atoms with Gasteiger partial charge in [-0.25, -0.2) is 9.97 Å². The summed E-state index contributed by atoms with van der Waals surface area (Å²) in [4.78, 5) is 10.9. The van der Waals surface area contributed by atoms with E-state index in [0.29, 0.717) is 5.95 Å². The van der Waals surface area contributed by atoms with Gasteiger partial charge in [-0.05, 0) is 29.0 Å². The molecule has 0 amide bonds. The van der Waals surface area contributed by atoms with Crippen LogP contribution >= 0.6 is 22.7 Å². The molecule has 4 heterocycles. The Morgan fingerprint density at radius 3 is 2.00 bits per heavy atom. The van der Waals surface area contributed by atoms with Gasteiger partial charge < -0.3 is 0 Å². The van der Waals surface area contributed by atoms with Crippen molar-refractivity contribution >= 4 is 95.7 Å². The van der Waals surface area contributed by atoms with Gasteiger partial charge in [0.25, 0.3) is 0 Å². The van der Waals surface area contributed by atoms with Gasteiger partial charge in [0.2, 0.25) is 5.95 Å². The lowest BCUT2D eigenvalue weighted by molar-refractivity contribution is 1.02. The maximum absolute atomic E-state index is 5.49. The summed E-state index contributed by atoms with van der Waals surface area (Å²) in [5.74, 6) is 0.704. The van der Waals surface area contributed by atoms with Crippen molar-refractivity contribution < 1.29 is 0 Å². The molecule has 0 atom stereocenters. The molecule has 0 radical (unpaired) electrons. The van der Waals surface area contributed by atoms with E-state index >= 15 is 0 Å². The smallest absolute Gasteiger partial charge is 0.235 e. The Morgan fingerprint density at radius 1 is 0.465 bits per heavy atom. The van der Waals surface area contributed by atoms with Gasteiger partial charge in [-0.2, -0.15) is 0 Å². The zero-order valence-electron chi connectivity index (χ0n) is 22.8. The molecule has 10 rings (SSSR count). The number of hydrogen-bond donors (Lipinski definition) is 0. The van der Waals surface area contributed by atoms with Crippen LogP contribution in [0.5, 0.6) is 0 Å². The van der Waals surface area contributed by atoms with Gasteiger partial charge in [0.05, 0.1) is 31.6 Å². The average molecular weight is 584 g/mol. The Labute approximate surface area is 253 Å². The van der Waals surface area contributed by atoms with Crippen LogP contribution in [0.15, 0.2) is 127 Å². The van der Waals surface area contributed by atoms with Crippen molar-refractivity contribution in [1.29, 1.82) is 0 Å². The van der Waals surface area contributed by atoms with Crippen LogP contribution in [0.3, 0.4) is 0 Å². The monoisotopic (exact) mass is 583 g/mol. The van der Waals surface area contributed by atoms with Crippen molar-refractivity contribution in [3.63, 3.8) is 0 Å². The van der Waals surface area contributed by atoms with Crippen LogP contribution in [0.4, 0.5) is 0 Å². The molecule has 3 nitrogen and oxygen atoms in total. The minimum absolute atomic E-state index is 0.704. The van der Waals surface area contributed by atoms with Crippen LogP contribution in [0, 0.1) is 0 Å². The molecule has 5 heteroatoms. The Morgan fingerprint density at radius 2 is 1.12 bits per heavy atom. The summed E-state index contributed by atoms with van der Waals surface area (Å²) in [7, 11) is 0. The second-order valence-electron chi connectivity index (χ2n) is 11.0. The highest BCUT2D eigenvalue weighted by Crippen LogP contribution is 2.44. The third kappa shape index (κ3) is 3.23. The fourth-order valence-corrected chi connectivity index (χ4v) is 9.12. The lowest BCUT2D eigenvalue weighted by Crippen LogP contribution is -2.03. The number of aromatic nitrogens is 3. The third-order valence-corrected chi connectivity index (χ3v) is 11.0. The molecule has 10 aromatic rings. The Kier molecular flexibility index (Phi) is 4.75. The zero-order chi connectivity index (χ0) is 28.1. The maximum Gasteiger partial charge on any atom is 0.235 e. The molecule has 6 aromatic carbocycles. The number of benzene rings is 6. The van der Waals surface area contributed by atoms with E-state index in [1.807, 2.05) is 11.3 Å². The lowest BCUT2D eigenvalue weighted by atomic mass is 10.0. The molecule has 0 aliphatic carbocycles. The SMILES string of the molecule is c1ccc2c(-c3nc(-n4c5ccccc5c5ccc6c7ccccc7sc6c54)nc4c3sc3ccccc34)cccc2c1. The van der Waals surface area contributed by atoms with Gasteiger partial charge in [-0.3, -0.25) is 4.57 Å². The topological polar surface area (TPSA) is 30.7 Å². The van der Waals surface area contributed by atoms with E-state index < -0.39 is 0 Å². The third-order valence-electron chi connectivity index (χ3n) is 8.63. The van der Waals surface area contributed by atoms with E-state index in [1.165, 1.54) is 57.3 Å². The zero-order valence-corrected chi connectivity index (χ0v) is 24.4. The molecule has 0 saturated carbocycles. The first-order valence-corrected chi connectivity index (χ1v) is 16.0. The minimum Gasteiger partial charge on any atom is -0.276 e. The van der Waals surface area contributed by atoms with E-state index in [1.54, 1.807) is 11.3 Å². The fourth-order valence-electron chi connectivity index (χ4n) is 6.73. The van der Waals surface area contributed by atoms with Gasteiger partial charge >= 0.3 is 0 Å². The largest absolute Gasteiger partial charge is 0.276 e. The summed E-state index contributed by atoms with van der Waals surface area (Å²) in [6.45, 7) is 0. The molecule has 0 spiro atoms. The predicted octanol–water partition coefficient (Wildman–Crippen LogP) is 11.1. The standard InChI is InChI=1S/C38H21N3S2/c1-2-12-23-22(10-1)11-9-16-26(23)33-37-34(29-15-5-8-19-32(29)43-37)40-38(39-33)41-30-17-6-3-13-24(30)27-20-21-28-25-14-4-7-18-31(25)42-36(28)35(27)41/h1-21H. The molecule has 0 saturated heterocycles. The Hall–Kier alpha value is -5.10. The van der Waals surface area contributed by atoms with Crippen LogP contribution in [0.1, 0.15) is 0 Å². The molecular formula is C38H21N3S2. The molecule has 200 valence electrons. The number of fused-ring (bicyclic) bond motifs is 11. The van der Waals surface area contributed by atoms with E-state index in [0.717, 1.165) is 27.0 Å². The molecule has 0 aliphatic rings. The van der Waals surface area contributed by atoms with E-state index in [4.69, 9.17) is 9.97 Å². The van der Waals surface area contributed by atoms with E-state index in [2.05, 4.69) is 132 Å². The predicted molar refractivity (Wildman–Crippen MR) is 185 cm³/mol. The summed E-state index contributed by atoms with van der Waals surface area (Å²) >= 11 is 3.63. The molecule has 0 aliphatic heterocycles. The second kappa shape index (κ2) is 8.71.